The molecule has 0 aromatic heterocycles. The minimum absolute atomic E-state index is 0. The quantitative estimate of drug-likeness (QED) is 0.635. The Morgan fingerprint density at radius 1 is 0.636 bits per heavy atom. The van der Waals surface area contributed by atoms with Crippen LogP contribution in [0.1, 0.15) is 0 Å². The monoisotopic (exact) mass is 382 g/mol. The predicted octanol–water partition coefficient (Wildman–Crippen LogP) is 3.60. The zero-order valence-electron chi connectivity index (χ0n) is 11.8. The number of rotatable bonds is 2. The second kappa shape index (κ2) is 9.67. The molecule has 0 unspecified atom stereocenters. The molecule has 0 amide bonds. The molecule has 3 rings (SSSR count). The summed E-state index contributed by atoms with van der Waals surface area (Å²) in [6.07, 6.45) is 0. The van der Waals surface area contributed by atoms with Crippen LogP contribution in [0.25, 0.3) is 0 Å². The number of hydrogen-bond donors (Lipinski definition) is 0. The normalized spacial score (nSPS) is 9.82. The zero-order valence-corrected chi connectivity index (χ0v) is 15.5. The third-order valence-electron chi connectivity index (χ3n) is 2.55. The largest absolute Gasteiger partial charge is 3.00 e. The van der Waals surface area contributed by atoms with Crippen molar-refractivity contribution in [3.8, 4) is 0 Å². The molecule has 4 heteroatoms. The minimum Gasteiger partial charge on any atom is -0.223 e. The topological polar surface area (TPSA) is 34.1 Å². The van der Waals surface area contributed by atoms with Crippen LogP contribution in [0.3, 0.4) is 0 Å². The van der Waals surface area contributed by atoms with Gasteiger partial charge in [0.2, 0.25) is 0 Å². The Balaban J connectivity index is 0.000000293. The van der Waals surface area contributed by atoms with E-state index in [-0.39, 0.29) is 42.5 Å². The Hall–Kier alpha value is -1.29. The van der Waals surface area contributed by atoms with Crippen molar-refractivity contribution >= 4 is 9.84 Å². The van der Waals surface area contributed by atoms with Crippen molar-refractivity contribution in [1.29, 1.82) is 0 Å². The van der Waals surface area contributed by atoms with Gasteiger partial charge < -0.3 is 0 Å². The second-order valence-electron chi connectivity index (χ2n) is 4.03. The van der Waals surface area contributed by atoms with E-state index >= 15 is 0 Å². The molecule has 2 nitrogen and oxygen atoms in total. The maximum atomic E-state index is 12.0. The second-order valence-corrected chi connectivity index (χ2v) is 5.92. The van der Waals surface area contributed by atoms with Gasteiger partial charge in [-0.25, -0.2) is 8.42 Å². The molecule has 0 bridgehead atoms. The smallest absolute Gasteiger partial charge is 0.223 e. The molecule has 3 aromatic rings. The molecule has 0 saturated carbocycles. The minimum atomic E-state index is -3.45. The summed E-state index contributed by atoms with van der Waals surface area (Å²) >= 11 is 0. The molecule has 0 N–H and O–H groups in total. The average Bonchev–Trinajstić information content (AvgIpc) is 2.59. The van der Waals surface area contributed by atoms with Crippen molar-refractivity contribution in [2.75, 3.05) is 0 Å². The molecule has 22 heavy (non-hydrogen) atoms. The Morgan fingerprint density at radius 3 is 1.36 bits per heavy atom. The van der Waals surface area contributed by atoms with E-state index in [9.17, 15) is 8.42 Å². The fourth-order valence-electron chi connectivity index (χ4n) is 1.55. The molecular weight excluding hydrogens is 369 g/mol. The van der Waals surface area contributed by atoms with E-state index in [4.69, 9.17) is 0 Å². The van der Waals surface area contributed by atoms with E-state index < -0.39 is 9.84 Å². The molecule has 0 radical (unpaired) electrons. The fourth-order valence-corrected chi connectivity index (χ4v) is 2.75. The molecular formula is C18H13O2SY. The van der Waals surface area contributed by atoms with E-state index in [2.05, 4.69) is 18.2 Å². The summed E-state index contributed by atoms with van der Waals surface area (Å²) in [5.74, 6) is 0. The summed E-state index contributed by atoms with van der Waals surface area (Å²) in [5.41, 5.74) is 0. The fraction of sp³-hybridized carbons (Fsp3) is 0. The van der Waals surface area contributed by atoms with Gasteiger partial charge in [-0.15, -0.1) is 0 Å². The summed E-state index contributed by atoms with van der Waals surface area (Å²) in [4.78, 5) is 0.347. The van der Waals surface area contributed by atoms with Gasteiger partial charge in [0.15, 0.2) is 9.84 Å². The molecule has 3 aromatic carbocycles. The summed E-state index contributed by atoms with van der Waals surface area (Å²) < 4.78 is 23.9. The Morgan fingerprint density at radius 2 is 1.09 bits per heavy atom. The summed E-state index contributed by atoms with van der Waals surface area (Å²) in [5, 5.41) is 0. The van der Waals surface area contributed by atoms with Crippen molar-refractivity contribution in [2.45, 2.75) is 9.79 Å². The van der Waals surface area contributed by atoms with Gasteiger partial charge in [-0.05, 0) is 9.79 Å². The van der Waals surface area contributed by atoms with E-state index in [1.807, 2.05) is 30.3 Å². The first-order valence-corrected chi connectivity index (χ1v) is 7.79. The van der Waals surface area contributed by atoms with Gasteiger partial charge in [0, 0.05) is 0 Å². The first-order valence-electron chi connectivity index (χ1n) is 6.31. The van der Waals surface area contributed by atoms with Gasteiger partial charge in [-0.2, -0.15) is 97.1 Å². The van der Waals surface area contributed by atoms with Crippen LogP contribution in [0.4, 0.5) is 0 Å². The summed E-state index contributed by atoms with van der Waals surface area (Å²) in [7, 11) is -3.45. The van der Waals surface area contributed by atoms with Gasteiger partial charge in [-0.3, -0.25) is 0 Å². The first-order chi connectivity index (χ1) is 10.2. The maximum Gasteiger partial charge on any atom is 3.00 e. The van der Waals surface area contributed by atoms with Crippen LogP contribution in [-0.4, -0.2) is 8.42 Å². The maximum absolute atomic E-state index is 12.0. The molecule has 0 spiro atoms. The standard InChI is InChI=1S/C12H8O2S.C6H5.Y/c13-15(14,11-7-3-1-4-8-11)12-9-5-2-6-10-12;1-2-4-6-5-3-1;/h1-7,9H;1-5H;/q-2;-1;+3. The van der Waals surface area contributed by atoms with Gasteiger partial charge in [0.25, 0.3) is 0 Å². The van der Waals surface area contributed by atoms with Gasteiger partial charge in [0.05, 0.1) is 0 Å². The molecule has 0 aliphatic carbocycles. The van der Waals surface area contributed by atoms with Crippen molar-refractivity contribution in [1.82, 2.24) is 0 Å². The van der Waals surface area contributed by atoms with Crippen LogP contribution in [-0.2, 0) is 42.5 Å². The van der Waals surface area contributed by atoms with Gasteiger partial charge in [0.1, 0.15) is 0 Å². The average molecular weight is 382 g/mol. The van der Waals surface area contributed by atoms with Crippen molar-refractivity contribution < 1.29 is 41.1 Å². The molecule has 0 heterocycles. The predicted molar refractivity (Wildman–Crippen MR) is 81.3 cm³/mol. The van der Waals surface area contributed by atoms with E-state index in [1.165, 1.54) is 12.1 Å². The van der Waals surface area contributed by atoms with Crippen LogP contribution >= 0.6 is 0 Å². The number of benzene rings is 3. The SMILES string of the molecule is O=S(=O)(c1[c-]cccc1)c1[c-]cccc1.[Y+3].[c-]1ccccc1. The molecule has 106 valence electrons. The van der Waals surface area contributed by atoms with Crippen LogP contribution in [0.2, 0.25) is 0 Å². The Kier molecular flexibility index (Phi) is 8.25. The van der Waals surface area contributed by atoms with Crippen molar-refractivity contribution in [3.05, 3.63) is 97.1 Å². The van der Waals surface area contributed by atoms with Gasteiger partial charge >= 0.3 is 32.7 Å². The summed E-state index contributed by atoms with van der Waals surface area (Å²) in [6, 6.07) is 30.9. The van der Waals surface area contributed by atoms with E-state index in [0.29, 0.717) is 0 Å². The third-order valence-corrected chi connectivity index (χ3v) is 4.21. The molecule has 0 aliphatic heterocycles. The van der Waals surface area contributed by atoms with Gasteiger partial charge in [-0.1, -0.05) is 0 Å². The zero-order chi connectivity index (χ0) is 15.0. The van der Waals surface area contributed by atoms with Crippen LogP contribution < -0.4 is 0 Å². The van der Waals surface area contributed by atoms with E-state index in [0.717, 1.165) is 0 Å². The first kappa shape index (κ1) is 18.8. The van der Waals surface area contributed by atoms with Crippen LogP contribution in [0, 0.1) is 18.2 Å². The molecule has 0 fully saturated rings. The number of hydrogen-bond acceptors (Lipinski definition) is 2. The van der Waals surface area contributed by atoms with Crippen molar-refractivity contribution in [3.63, 3.8) is 0 Å². The molecule has 0 atom stereocenters. The molecule has 0 saturated heterocycles. The summed E-state index contributed by atoms with van der Waals surface area (Å²) in [6.45, 7) is 0. The van der Waals surface area contributed by atoms with E-state index in [1.54, 1.807) is 36.4 Å². The Bertz CT molecular complexity index is 671. The third kappa shape index (κ3) is 5.49. The Labute approximate surface area is 157 Å². The molecule has 0 aliphatic rings. The van der Waals surface area contributed by atoms with Crippen LogP contribution in [0.5, 0.6) is 0 Å². The van der Waals surface area contributed by atoms with Crippen LogP contribution in [0.15, 0.2) is 88.7 Å². The number of sulfone groups is 1. The van der Waals surface area contributed by atoms with Crippen molar-refractivity contribution in [2.24, 2.45) is 0 Å².